The molecule has 1 aromatic heterocycles. The van der Waals surface area contributed by atoms with E-state index in [0.29, 0.717) is 18.0 Å². The number of nitrogens with zero attached hydrogens (tertiary/aromatic N) is 2. The molecule has 4 rings (SSSR count). The first-order chi connectivity index (χ1) is 20.1. The Kier molecular flexibility index (Phi) is 9.99. The largest absolute Gasteiger partial charge is 0.487 e. The number of benzene rings is 3. The van der Waals surface area contributed by atoms with E-state index in [1.165, 1.54) is 25.1 Å². The molecule has 0 radical (unpaired) electrons. The molecule has 3 N–H and O–H groups in total. The third-order valence-corrected chi connectivity index (χ3v) is 8.59. The molecule has 0 aliphatic heterocycles. The van der Waals surface area contributed by atoms with Gasteiger partial charge in [0.25, 0.3) is 0 Å². The van der Waals surface area contributed by atoms with Crippen molar-refractivity contribution < 1.29 is 32.6 Å². The smallest absolute Gasteiger partial charge is 0.305 e. The molecule has 0 saturated carbocycles. The summed E-state index contributed by atoms with van der Waals surface area (Å²) in [5.74, 6) is -1.09. The van der Waals surface area contributed by atoms with E-state index in [1.54, 1.807) is 18.7 Å². The summed E-state index contributed by atoms with van der Waals surface area (Å²) < 4.78 is 36.7. The molecule has 11 nitrogen and oxygen atoms in total. The van der Waals surface area contributed by atoms with E-state index in [2.05, 4.69) is 10.0 Å². The maximum Gasteiger partial charge on any atom is 0.305 e. The van der Waals surface area contributed by atoms with Crippen molar-refractivity contribution in [3.8, 4) is 5.75 Å². The molecule has 1 amide bonds. The Morgan fingerprint density at radius 2 is 1.81 bits per heavy atom. The van der Waals surface area contributed by atoms with Crippen molar-refractivity contribution in [1.82, 2.24) is 14.3 Å². The van der Waals surface area contributed by atoms with E-state index >= 15 is 0 Å². The Hall–Kier alpha value is -4.20. The van der Waals surface area contributed by atoms with Gasteiger partial charge in [-0.2, -0.15) is 0 Å². The fourth-order valence-corrected chi connectivity index (χ4v) is 6.51. The predicted molar refractivity (Wildman–Crippen MR) is 159 cm³/mol. The molecule has 3 aromatic carbocycles. The minimum Gasteiger partial charge on any atom is -0.487 e. The lowest BCUT2D eigenvalue weighted by Gasteiger charge is -2.21. The van der Waals surface area contributed by atoms with E-state index in [-0.39, 0.29) is 22.8 Å². The first kappa shape index (κ1) is 30.8. The predicted octanol–water partition coefficient (Wildman–Crippen LogP) is 4.08. The monoisotopic (exact) mass is 610 g/mol. The summed E-state index contributed by atoms with van der Waals surface area (Å²) in [5, 5.41) is 12.4. The molecule has 220 valence electrons. The van der Waals surface area contributed by atoms with Crippen molar-refractivity contribution in [2.75, 3.05) is 5.32 Å². The molecule has 0 aliphatic carbocycles. The number of aliphatic carboxylic acids is 1. The number of rotatable bonds is 14. The van der Waals surface area contributed by atoms with Gasteiger partial charge < -0.3 is 24.5 Å². The van der Waals surface area contributed by atoms with Gasteiger partial charge in [0, 0.05) is 24.4 Å². The molecule has 0 saturated heterocycles. The molecule has 1 unspecified atom stereocenters. The van der Waals surface area contributed by atoms with Crippen LogP contribution in [0.15, 0.2) is 82.8 Å². The molecule has 2 atom stereocenters. The Balaban J connectivity index is 1.63. The summed E-state index contributed by atoms with van der Waals surface area (Å²) in [6.07, 6.45) is -1.09. The van der Waals surface area contributed by atoms with Gasteiger partial charge in [-0.25, -0.2) is 18.1 Å². The summed E-state index contributed by atoms with van der Waals surface area (Å²) in [6.45, 7) is 3.40. The Labute approximate surface area is 247 Å². The molecular formula is C29H30N4O7S2. The lowest BCUT2D eigenvalue weighted by molar-refractivity contribution is -0.138. The number of aromatic nitrogens is 2. The zero-order valence-electron chi connectivity index (χ0n) is 22.9. The Morgan fingerprint density at radius 3 is 2.50 bits per heavy atom. The van der Waals surface area contributed by atoms with Gasteiger partial charge in [-0.1, -0.05) is 54.2 Å². The van der Waals surface area contributed by atoms with Crippen molar-refractivity contribution in [3.05, 3.63) is 78.4 Å². The maximum absolute atomic E-state index is 13.2. The van der Waals surface area contributed by atoms with Gasteiger partial charge in [-0.3, -0.25) is 9.59 Å². The van der Waals surface area contributed by atoms with Gasteiger partial charge >= 0.3 is 5.97 Å². The number of fused-ring (bicyclic) bond motifs is 1. The lowest BCUT2D eigenvalue weighted by Crippen LogP contribution is -2.37. The highest BCUT2D eigenvalue weighted by Gasteiger charge is 2.26. The quantitative estimate of drug-likeness (QED) is 0.141. The number of ether oxygens (including phenoxy) is 1. The van der Waals surface area contributed by atoms with Gasteiger partial charge in [0.15, 0.2) is 5.16 Å². The number of aldehydes is 1. The van der Waals surface area contributed by atoms with Gasteiger partial charge in [0.05, 0.1) is 30.0 Å². The Morgan fingerprint density at radius 1 is 1.10 bits per heavy atom. The van der Waals surface area contributed by atoms with Crippen molar-refractivity contribution in [2.24, 2.45) is 0 Å². The highest BCUT2D eigenvalue weighted by atomic mass is 32.2. The van der Waals surface area contributed by atoms with E-state index < -0.39 is 34.6 Å². The van der Waals surface area contributed by atoms with Crippen LogP contribution < -0.4 is 14.8 Å². The molecule has 0 spiro atoms. The molecule has 13 heteroatoms. The number of para-hydroxylation sites is 2. The summed E-state index contributed by atoms with van der Waals surface area (Å²) >= 11 is 1.57. The third kappa shape index (κ3) is 7.96. The second-order valence-electron chi connectivity index (χ2n) is 9.50. The number of carboxylic acids is 1. The number of sulfonamides is 1. The van der Waals surface area contributed by atoms with Gasteiger partial charge in [0.1, 0.15) is 23.0 Å². The number of carbonyl (C=O) groups is 3. The number of carbonyl (C=O) groups excluding carboxylic acids is 2. The highest BCUT2D eigenvalue weighted by Crippen LogP contribution is 2.31. The fourth-order valence-electron chi connectivity index (χ4n) is 4.24. The first-order valence-corrected chi connectivity index (χ1v) is 15.4. The van der Waals surface area contributed by atoms with Crippen LogP contribution in [0.25, 0.3) is 11.0 Å². The van der Waals surface area contributed by atoms with Crippen LogP contribution >= 0.6 is 11.8 Å². The normalized spacial score (nSPS) is 12.9. The number of anilines is 1. The number of imidazole rings is 1. The molecular weight excluding hydrogens is 580 g/mol. The molecule has 0 aliphatic rings. The number of amides is 1. The van der Waals surface area contributed by atoms with Crippen molar-refractivity contribution in [3.63, 3.8) is 0 Å². The van der Waals surface area contributed by atoms with E-state index in [1.807, 2.05) is 59.2 Å². The van der Waals surface area contributed by atoms with Crippen LogP contribution in [0.1, 0.15) is 25.8 Å². The zero-order valence-corrected chi connectivity index (χ0v) is 24.5. The van der Waals surface area contributed by atoms with Crippen LogP contribution in [-0.4, -0.2) is 53.4 Å². The number of hydrogen-bond donors (Lipinski definition) is 3. The average Bonchev–Trinajstić information content (AvgIpc) is 3.28. The van der Waals surface area contributed by atoms with Crippen molar-refractivity contribution in [2.45, 2.75) is 54.8 Å². The van der Waals surface area contributed by atoms with Crippen LogP contribution in [0.3, 0.4) is 0 Å². The minimum atomic E-state index is -4.39. The topological polar surface area (TPSA) is 157 Å². The second kappa shape index (κ2) is 13.6. The summed E-state index contributed by atoms with van der Waals surface area (Å²) in [6, 6.07) is 20.2. The number of carboxylic acid groups (broad SMARTS) is 1. The number of hydrogen-bond acceptors (Lipinski definition) is 8. The van der Waals surface area contributed by atoms with Crippen LogP contribution in [0, 0.1) is 0 Å². The maximum atomic E-state index is 13.2. The molecule has 1 heterocycles. The molecule has 42 heavy (non-hydrogen) atoms. The SMILES string of the molecule is CC(=O)Nc1ccc(S(=O)(=O)NC(C=O)CC(=O)O)c(O[C@H](C)Cn2c(SCc3ccccc3)nc3ccccc32)c1. The second-order valence-corrected chi connectivity index (χ2v) is 12.1. The zero-order chi connectivity index (χ0) is 30.3. The Bertz CT molecular complexity index is 1690. The number of thioether (sulfide) groups is 1. The minimum absolute atomic E-state index is 0.0795. The number of nitrogens with one attached hydrogen (secondary N) is 2. The summed E-state index contributed by atoms with van der Waals surface area (Å²) in [7, 11) is -4.39. The third-order valence-electron chi connectivity index (χ3n) is 6.02. The first-order valence-electron chi connectivity index (χ1n) is 13.0. The fraction of sp³-hybridized carbons (Fsp3) is 0.241. The van der Waals surface area contributed by atoms with Gasteiger partial charge in [0.2, 0.25) is 15.9 Å². The van der Waals surface area contributed by atoms with Crippen LogP contribution in [0.4, 0.5) is 5.69 Å². The van der Waals surface area contributed by atoms with Gasteiger partial charge in [-0.15, -0.1) is 0 Å². The summed E-state index contributed by atoms with van der Waals surface area (Å²) in [4.78, 5) is 38.6. The van der Waals surface area contributed by atoms with Crippen LogP contribution in [-0.2, 0) is 36.7 Å². The highest BCUT2D eigenvalue weighted by molar-refractivity contribution is 7.98. The molecule has 0 bridgehead atoms. The molecule has 0 fully saturated rings. The summed E-state index contributed by atoms with van der Waals surface area (Å²) in [5.41, 5.74) is 3.12. The van der Waals surface area contributed by atoms with Crippen molar-refractivity contribution >= 4 is 56.7 Å². The van der Waals surface area contributed by atoms with E-state index in [9.17, 15) is 22.8 Å². The standard InChI is InChI=1S/C29H30N4O7S2/c1-19(16-33-25-11-7-6-10-24(25)31-29(33)41-18-21-8-4-3-5-9-21)40-26-14-22(30-20(2)35)12-13-27(26)42(38,39)32-23(17-34)15-28(36)37/h3-14,17,19,23,32H,15-16,18H2,1-2H3,(H,30,35)(H,36,37)/t19-,23?/m1/s1. The van der Waals surface area contributed by atoms with E-state index in [4.69, 9.17) is 14.8 Å². The van der Waals surface area contributed by atoms with Crippen molar-refractivity contribution in [1.29, 1.82) is 0 Å². The van der Waals surface area contributed by atoms with Crippen LogP contribution in [0.5, 0.6) is 5.75 Å². The van der Waals surface area contributed by atoms with Crippen LogP contribution in [0.2, 0.25) is 0 Å². The lowest BCUT2D eigenvalue weighted by atomic mass is 10.2. The van der Waals surface area contributed by atoms with Gasteiger partial charge in [-0.05, 0) is 36.8 Å². The molecule has 4 aromatic rings. The average molecular weight is 611 g/mol. The van der Waals surface area contributed by atoms with E-state index in [0.717, 1.165) is 21.8 Å².